The number of aliphatic hydroxyl groups is 1. The van der Waals surface area contributed by atoms with E-state index in [4.69, 9.17) is 5.11 Å². The van der Waals surface area contributed by atoms with Crippen LogP contribution in [0.15, 0.2) is 6.07 Å². The Bertz CT molecular complexity index is 584. The van der Waals surface area contributed by atoms with Crippen LogP contribution in [0.25, 0.3) is 0 Å². The van der Waals surface area contributed by atoms with E-state index in [1.807, 2.05) is 17.9 Å². The Balaban J connectivity index is 1.71. The molecule has 1 amide bonds. The first-order valence-corrected chi connectivity index (χ1v) is 8.50. The van der Waals surface area contributed by atoms with Gasteiger partial charge in [-0.25, -0.2) is 0 Å². The Morgan fingerprint density at radius 2 is 2.14 bits per heavy atom. The van der Waals surface area contributed by atoms with Gasteiger partial charge in [0.25, 0.3) is 5.91 Å². The molecular weight excluding hydrogens is 282 g/mol. The van der Waals surface area contributed by atoms with Crippen LogP contribution in [0.5, 0.6) is 0 Å². The molecule has 2 aliphatic rings. The Labute approximate surface area is 130 Å². The fraction of sp³-hybridized carbons (Fsp3) is 0.588. The van der Waals surface area contributed by atoms with E-state index in [0.29, 0.717) is 6.42 Å². The number of aliphatic hydroxyl groups excluding tert-OH is 1. The number of likely N-dealkylation sites (tertiary alicyclic amines) is 1. The van der Waals surface area contributed by atoms with Crippen LogP contribution in [0.2, 0.25) is 0 Å². The van der Waals surface area contributed by atoms with Gasteiger partial charge in [-0.3, -0.25) is 4.79 Å². The summed E-state index contributed by atoms with van der Waals surface area (Å²) in [7, 11) is 0. The van der Waals surface area contributed by atoms with Crippen molar-refractivity contribution in [2.75, 3.05) is 19.7 Å². The molecule has 0 radical (unpaired) electrons. The van der Waals surface area contributed by atoms with Gasteiger partial charge in [0.05, 0.1) is 16.4 Å². The van der Waals surface area contributed by atoms with Crippen LogP contribution in [-0.4, -0.2) is 35.6 Å². The Kier molecular flexibility index (Phi) is 4.32. The number of fused-ring (bicyclic) bond motifs is 1. The molecular formula is C17H21NO2S. The van der Waals surface area contributed by atoms with E-state index in [1.54, 1.807) is 0 Å². The lowest BCUT2D eigenvalue weighted by molar-refractivity contribution is 0.0785. The topological polar surface area (TPSA) is 40.5 Å². The number of aryl methyl sites for hydroxylation is 1. The number of carbonyl (C=O) groups excluding carboxylic acids is 1. The standard InChI is InChI=1S/C17H21NO2S/c1-12-9-16(21-15(12)7-2-3-8-19)17(20)18-10-13-5-4-6-14(13)11-18/h9,13-14,19H,3-6,8,10-11H2,1H3. The van der Waals surface area contributed by atoms with Crippen molar-refractivity contribution in [2.24, 2.45) is 11.8 Å². The zero-order valence-electron chi connectivity index (χ0n) is 12.4. The summed E-state index contributed by atoms with van der Waals surface area (Å²) in [6.45, 7) is 3.95. The minimum atomic E-state index is 0.0831. The van der Waals surface area contributed by atoms with Crippen LogP contribution in [0.4, 0.5) is 0 Å². The second kappa shape index (κ2) is 6.21. The molecule has 2 fully saturated rings. The average Bonchev–Trinajstić information content (AvgIpc) is 3.13. The quantitative estimate of drug-likeness (QED) is 0.853. The van der Waals surface area contributed by atoms with Gasteiger partial charge in [-0.2, -0.15) is 0 Å². The Morgan fingerprint density at radius 3 is 2.81 bits per heavy atom. The predicted molar refractivity (Wildman–Crippen MR) is 84.4 cm³/mol. The van der Waals surface area contributed by atoms with Gasteiger partial charge < -0.3 is 10.0 Å². The van der Waals surface area contributed by atoms with E-state index in [1.165, 1.54) is 30.6 Å². The van der Waals surface area contributed by atoms with Crippen LogP contribution in [0, 0.1) is 30.6 Å². The van der Waals surface area contributed by atoms with E-state index < -0.39 is 0 Å². The first kappa shape index (κ1) is 14.6. The maximum atomic E-state index is 12.6. The fourth-order valence-electron chi connectivity index (χ4n) is 3.47. The predicted octanol–water partition coefficient (Wildman–Crippen LogP) is 2.66. The molecule has 21 heavy (non-hydrogen) atoms. The summed E-state index contributed by atoms with van der Waals surface area (Å²) in [4.78, 5) is 16.4. The minimum Gasteiger partial charge on any atom is -0.395 e. The number of hydrogen-bond acceptors (Lipinski definition) is 3. The molecule has 2 atom stereocenters. The molecule has 3 nitrogen and oxygen atoms in total. The van der Waals surface area contributed by atoms with Crippen LogP contribution in [0.1, 0.15) is 45.8 Å². The van der Waals surface area contributed by atoms with Crippen molar-refractivity contribution in [3.63, 3.8) is 0 Å². The molecule has 1 N–H and O–H groups in total. The zero-order chi connectivity index (χ0) is 14.8. The smallest absolute Gasteiger partial charge is 0.263 e. The highest BCUT2D eigenvalue weighted by atomic mass is 32.1. The van der Waals surface area contributed by atoms with Crippen LogP contribution in [-0.2, 0) is 0 Å². The molecule has 4 heteroatoms. The van der Waals surface area contributed by atoms with Crippen LogP contribution >= 0.6 is 11.3 Å². The molecule has 1 saturated heterocycles. The summed E-state index contributed by atoms with van der Waals surface area (Å²) in [5.41, 5.74) is 1.06. The summed E-state index contributed by atoms with van der Waals surface area (Å²) in [5, 5.41) is 8.77. The summed E-state index contributed by atoms with van der Waals surface area (Å²) in [6, 6.07) is 1.96. The summed E-state index contributed by atoms with van der Waals surface area (Å²) < 4.78 is 0. The van der Waals surface area contributed by atoms with E-state index >= 15 is 0 Å². The fourth-order valence-corrected chi connectivity index (χ4v) is 4.48. The van der Waals surface area contributed by atoms with Crippen LogP contribution < -0.4 is 0 Å². The molecule has 1 aromatic rings. The van der Waals surface area contributed by atoms with E-state index in [9.17, 15) is 4.79 Å². The Hall–Kier alpha value is -1.31. The number of amides is 1. The third kappa shape index (κ3) is 3.00. The van der Waals surface area contributed by atoms with Crippen molar-refractivity contribution < 1.29 is 9.90 Å². The van der Waals surface area contributed by atoms with Gasteiger partial charge in [-0.15, -0.1) is 11.3 Å². The maximum absolute atomic E-state index is 12.6. The molecule has 2 unspecified atom stereocenters. The van der Waals surface area contributed by atoms with E-state index in [0.717, 1.165) is 40.2 Å². The number of thiophene rings is 1. The lowest BCUT2D eigenvalue weighted by atomic mass is 10.0. The highest BCUT2D eigenvalue weighted by Gasteiger charge is 2.38. The normalized spacial score (nSPS) is 23.8. The molecule has 0 aromatic carbocycles. The largest absolute Gasteiger partial charge is 0.395 e. The number of hydrogen-bond donors (Lipinski definition) is 1. The minimum absolute atomic E-state index is 0.0831. The van der Waals surface area contributed by atoms with Crippen molar-refractivity contribution in [1.29, 1.82) is 0 Å². The highest BCUT2D eigenvalue weighted by molar-refractivity contribution is 7.14. The second-order valence-electron chi connectivity index (χ2n) is 6.06. The lowest BCUT2D eigenvalue weighted by Crippen LogP contribution is -2.28. The van der Waals surface area contributed by atoms with Gasteiger partial charge in [0.2, 0.25) is 0 Å². The van der Waals surface area contributed by atoms with Crippen molar-refractivity contribution in [3.05, 3.63) is 21.4 Å². The molecule has 0 spiro atoms. The van der Waals surface area contributed by atoms with Gasteiger partial charge in [-0.1, -0.05) is 18.3 Å². The first-order chi connectivity index (χ1) is 10.2. The van der Waals surface area contributed by atoms with Crippen molar-refractivity contribution in [3.8, 4) is 11.8 Å². The van der Waals surface area contributed by atoms with Gasteiger partial charge in [-0.05, 0) is 43.2 Å². The van der Waals surface area contributed by atoms with Crippen molar-refractivity contribution >= 4 is 17.2 Å². The van der Waals surface area contributed by atoms with Gasteiger partial charge in [0, 0.05) is 19.5 Å². The molecule has 3 rings (SSSR count). The second-order valence-corrected chi connectivity index (χ2v) is 7.11. The number of rotatable bonds is 2. The SMILES string of the molecule is Cc1cc(C(=O)N2CC3CCCC3C2)sc1C#CCCO. The molecule has 0 bridgehead atoms. The van der Waals surface area contributed by atoms with Gasteiger partial charge >= 0.3 is 0 Å². The van der Waals surface area contributed by atoms with Gasteiger partial charge in [0.1, 0.15) is 0 Å². The monoisotopic (exact) mass is 303 g/mol. The number of nitrogens with zero attached hydrogens (tertiary/aromatic N) is 1. The van der Waals surface area contributed by atoms with E-state index in [2.05, 4.69) is 11.8 Å². The maximum Gasteiger partial charge on any atom is 0.263 e. The third-order valence-electron chi connectivity index (χ3n) is 4.58. The lowest BCUT2D eigenvalue weighted by Gasteiger charge is -2.15. The molecule has 1 aliphatic carbocycles. The molecule has 1 aliphatic heterocycles. The number of carbonyl (C=O) groups is 1. The van der Waals surface area contributed by atoms with Crippen molar-refractivity contribution in [2.45, 2.75) is 32.6 Å². The van der Waals surface area contributed by atoms with Crippen LogP contribution in [0.3, 0.4) is 0 Å². The summed E-state index contributed by atoms with van der Waals surface area (Å²) >= 11 is 1.49. The Morgan fingerprint density at radius 1 is 1.43 bits per heavy atom. The average molecular weight is 303 g/mol. The summed E-state index contributed by atoms with van der Waals surface area (Å²) in [5.74, 6) is 7.63. The molecule has 1 saturated carbocycles. The molecule has 112 valence electrons. The van der Waals surface area contributed by atoms with Crippen molar-refractivity contribution in [1.82, 2.24) is 4.90 Å². The van der Waals surface area contributed by atoms with Gasteiger partial charge in [0.15, 0.2) is 0 Å². The third-order valence-corrected chi connectivity index (χ3v) is 5.72. The molecule has 1 aromatic heterocycles. The first-order valence-electron chi connectivity index (χ1n) is 7.68. The highest BCUT2D eigenvalue weighted by Crippen LogP contribution is 2.38. The van der Waals surface area contributed by atoms with E-state index in [-0.39, 0.29) is 12.5 Å². The zero-order valence-corrected chi connectivity index (χ0v) is 13.2. The molecule has 2 heterocycles. The summed E-state index contributed by atoms with van der Waals surface area (Å²) in [6.07, 6.45) is 4.39.